The molecule has 0 bridgehead atoms. The predicted octanol–water partition coefficient (Wildman–Crippen LogP) is 5.27. The molecule has 2 fully saturated rings. The van der Waals surface area contributed by atoms with Gasteiger partial charge in [-0.2, -0.15) is 9.97 Å². The van der Waals surface area contributed by atoms with Gasteiger partial charge in [-0.05, 0) is 64.6 Å². The van der Waals surface area contributed by atoms with E-state index in [0.717, 1.165) is 30.0 Å². The lowest BCUT2D eigenvalue weighted by molar-refractivity contribution is 0.0155. The number of benzene rings is 2. The van der Waals surface area contributed by atoms with Crippen molar-refractivity contribution in [2.24, 2.45) is 0 Å². The maximum Gasteiger partial charge on any atom is 0.410 e. The second-order valence-corrected chi connectivity index (χ2v) is 13.7. The Morgan fingerprint density at radius 1 is 1.07 bits per heavy atom. The zero-order chi connectivity index (χ0) is 32.6. The van der Waals surface area contributed by atoms with Gasteiger partial charge in [0.2, 0.25) is 6.54 Å². The van der Waals surface area contributed by atoms with Crippen LogP contribution in [0.15, 0.2) is 36.4 Å². The van der Waals surface area contributed by atoms with Crippen LogP contribution in [-0.4, -0.2) is 103 Å². The molecule has 11 heteroatoms. The minimum Gasteiger partial charge on any atom is -0.462 e. The molecule has 0 unspecified atom stereocenters. The van der Waals surface area contributed by atoms with Crippen LogP contribution in [0.4, 0.5) is 20.7 Å². The number of rotatable bonds is 6. The number of alkyl halides is 1. The lowest BCUT2D eigenvalue weighted by Gasteiger charge is -2.41. The van der Waals surface area contributed by atoms with E-state index in [4.69, 9.17) is 26.0 Å². The summed E-state index contributed by atoms with van der Waals surface area (Å²) in [5.74, 6) is 0.788. The molecule has 6 rings (SSSR count). The Labute approximate surface area is 270 Å². The Morgan fingerprint density at radius 2 is 1.85 bits per heavy atom. The molecule has 46 heavy (non-hydrogen) atoms. The zero-order valence-corrected chi connectivity index (χ0v) is 27.5. The third kappa shape index (κ3) is 6.68. The van der Waals surface area contributed by atoms with Gasteiger partial charge in [-0.25, -0.2) is 15.8 Å². The van der Waals surface area contributed by atoms with Crippen molar-refractivity contribution in [2.75, 3.05) is 62.7 Å². The van der Waals surface area contributed by atoms with E-state index in [1.807, 2.05) is 32.7 Å². The van der Waals surface area contributed by atoms with E-state index >= 15 is 0 Å². The lowest BCUT2D eigenvalue weighted by atomic mass is 9.99. The maximum absolute atomic E-state index is 14.1. The zero-order valence-electron chi connectivity index (χ0n) is 27.5. The van der Waals surface area contributed by atoms with Crippen molar-refractivity contribution in [2.45, 2.75) is 70.9 Å². The van der Waals surface area contributed by atoms with Crippen molar-refractivity contribution in [3.05, 3.63) is 64.6 Å². The number of halogens is 1. The minimum atomic E-state index is -0.864. The highest BCUT2D eigenvalue weighted by Crippen LogP contribution is 2.36. The van der Waals surface area contributed by atoms with Gasteiger partial charge in [0.15, 0.2) is 0 Å². The van der Waals surface area contributed by atoms with Crippen molar-refractivity contribution in [1.82, 2.24) is 19.8 Å². The predicted molar refractivity (Wildman–Crippen MR) is 177 cm³/mol. The molecular weight excluding hydrogens is 585 g/mol. The number of ether oxygens (including phenoxy) is 2. The van der Waals surface area contributed by atoms with Gasteiger partial charge >= 0.3 is 12.1 Å². The fourth-order valence-corrected chi connectivity index (χ4v) is 6.94. The molecule has 1 amide bonds. The fraction of sp³-hybridized carbons (Fsp3) is 0.543. The summed E-state index contributed by atoms with van der Waals surface area (Å²) in [6.45, 7) is 18.9. The molecule has 244 valence electrons. The number of carbonyl (C=O) groups excluding carboxylic acids is 1. The Balaban J connectivity index is 1.32. The maximum atomic E-state index is 14.1. The van der Waals surface area contributed by atoms with Crippen LogP contribution in [0.2, 0.25) is 0 Å². The van der Waals surface area contributed by atoms with E-state index in [-0.39, 0.29) is 24.6 Å². The molecule has 4 heterocycles. The van der Waals surface area contributed by atoms with E-state index < -0.39 is 17.9 Å². The first-order valence-corrected chi connectivity index (χ1v) is 16.2. The number of amides is 1. The first-order valence-electron chi connectivity index (χ1n) is 16.2. The Bertz CT molecular complexity index is 1630. The highest BCUT2D eigenvalue weighted by molar-refractivity contribution is 5.97. The van der Waals surface area contributed by atoms with Gasteiger partial charge in [0.1, 0.15) is 30.2 Å². The SMILES string of the molecule is [C-]#[N+]C[C@H]1CN(c2nc(OC[C@@H]3C[C@@H](F)CN3C)nc3c2CCN(c2cccc4cccc(C)c24)C3)CCN1C(=O)OC(C)(C)C. The van der Waals surface area contributed by atoms with Gasteiger partial charge in [-0.3, -0.25) is 9.80 Å². The van der Waals surface area contributed by atoms with Crippen molar-refractivity contribution in [3.8, 4) is 6.01 Å². The largest absolute Gasteiger partial charge is 0.462 e. The van der Waals surface area contributed by atoms with Crippen LogP contribution in [-0.2, 0) is 17.7 Å². The molecule has 0 aliphatic carbocycles. The van der Waals surface area contributed by atoms with E-state index in [0.29, 0.717) is 45.8 Å². The molecule has 0 N–H and O–H groups in total. The van der Waals surface area contributed by atoms with Crippen LogP contribution in [0.1, 0.15) is 44.0 Å². The molecule has 2 saturated heterocycles. The van der Waals surface area contributed by atoms with Crippen molar-refractivity contribution in [1.29, 1.82) is 0 Å². The third-order valence-electron chi connectivity index (χ3n) is 9.21. The average Bonchev–Trinajstić information content (AvgIpc) is 3.34. The highest BCUT2D eigenvalue weighted by Gasteiger charge is 2.38. The molecule has 3 aliphatic heterocycles. The summed E-state index contributed by atoms with van der Waals surface area (Å²) in [5.41, 5.74) is 3.74. The average molecular weight is 630 g/mol. The summed E-state index contributed by atoms with van der Waals surface area (Å²) in [6, 6.07) is 12.7. The number of anilines is 2. The minimum absolute atomic E-state index is 0.0475. The van der Waals surface area contributed by atoms with Crippen molar-refractivity contribution in [3.63, 3.8) is 0 Å². The normalized spacial score (nSPS) is 22.1. The number of piperazine rings is 1. The molecule has 3 atom stereocenters. The summed E-state index contributed by atoms with van der Waals surface area (Å²) < 4.78 is 26.0. The molecule has 2 aromatic carbocycles. The van der Waals surface area contributed by atoms with Crippen LogP contribution in [0.5, 0.6) is 6.01 Å². The summed E-state index contributed by atoms with van der Waals surface area (Å²) in [6.07, 6.45) is -0.102. The number of hydrogen-bond donors (Lipinski definition) is 0. The van der Waals surface area contributed by atoms with Crippen molar-refractivity contribution < 1.29 is 18.7 Å². The monoisotopic (exact) mass is 629 g/mol. The van der Waals surface area contributed by atoms with E-state index in [2.05, 4.69) is 58.0 Å². The van der Waals surface area contributed by atoms with Crippen LogP contribution in [0.3, 0.4) is 0 Å². The number of fused-ring (bicyclic) bond motifs is 2. The van der Waals surface area contributed by atoms with Crippen LogP contribution in [0.25, 0.3) is 15.6 Å². The van der Waals surface area contributed by atoms with E-state index in [9.17, 15) is 9.18 Å². The Morgan fingerprint density at radius 3 is 2.57 bits per heavy atom. The Kier molecular flexibility index (Phi) is 8.92. The molecule has 1 aromatic heterocycles. The summed E-state index contributed by atoms with van der Waals surface area (Å²) in [4.78, 5) is 34.8. The molecule has 10 nitrogen and oxygen atoms in total. The number of aryl methyl sites for hydroxylation is 1. The fourth-order valence-electron chi connectivity index (χ4n) is 6.94. The van der Waals surface area contributed by atoms with Crippen LogP contribution < -0.4 is 14.5 Å². The second kappa shape index (κ2) is 12.9. The first-order chi connectivity index (χ1) is 22.0. The van der Waals surface area contributed by atoms with Gasteiger partial charge in [0.05, 0.1) is 12.2 Å². The topological polar surface area (TPSA) is 78.6 Å². The van der Waals surface area contributed by atoms with Crippen molar-refractivity contribution >= 4 is 28.4 Å². The third-order valence-corrected chi connectivity index (χ3v) is 9.21. The molecule has 3 aliphatic rings. The molecule has 3 aromatic rings. The van der Waals surface area contributed by atoms with Crippen LogP contribution in [0, 0.1) is 13.5 Å². The highest BCUT2D eigenvalue weighted by atomic mass is 19.1. The van der Waals surface area contributed by atoms with Gasteiger partial charge < -0.3 is 24.1 Å². The van der Waals surface area contributed by atoms with E-state index in [1.165, 1.54) is 22.0 Å². The van der Waals surface area contributed by atoms with Crippen LogP contribution >= 0.6 is 0 Å². The van der Waals surface area contributed by atoms with E-state index in [1.54, 1.807) is 4.90 Å². The standard InChI is InChI=1S/C35H44FN7O3/c1-23-9-7-10-24-11-8-12-30(31(23)24)41-14-13-28-29(21-41)38-33(45-22-26-17-25(36)19-40(26)6)39-32(28)42-15-16-43(27(20-42)18-37-5)34(44)46-35(2,3)4/h7-12,25-27H,13-22H2,1-4,6H3/t25-,26+,27+/m1/s1. The molecule has 0 saturated carbocycles. The summed E-state index contributed by atoms with van der Waals surface area (Å²) >= 11 is 0. The first kappa shape index (κ1) is 31.8. The van der Waals surface area contributed by atoms with Gasteiger partial charge in [-0.15, -0.1) is 0 Å². The smallest absolute Gasteiger partial charge is 0.410 e. The molecular formula is C35H44FN7O3. The van der Waals surface area contributed by atoms with Gasteiger partial charge in [0, 0.05) is 55.4 Å². The summed E-state index contributed by atoms with van der Waals surface area (Å²) in [7, 11) is 1.92. The second-order valence-electron chi connectivity index (χ2n) is 13.7. The van der Waals surface area contributed by atoms with Gasteiger partial charge in [0.25, 0.3) is 0 Å². The summed E-state index contributed by atoms with van der Waals surface area (Å²) in [5, 5.41) is 2.45. The molecule has 0 radical (unpaired) electrons. The molecule has 0 spiro atoms. The van der Waals surface area contributed by atoms with Gasteiger partial charge in [-0.1, -0.05) is 30.3 Å². The number of likely N-dealkylation sites (N-methyl/N-ethyl adjacent to an activating group) is 1. The quantitative estimate of drug-likeness (QED) is 0.342. The number of carbonyl (C=O) groups is 1. The lowest BCUT2D eigenvalue weighted by Crippen LogP contribution is -2.57. The number of nitrogens with zero attached hydrogens (tertiary/aromatic N) is 7. The number of likely N-dealkylation sites (tertiary alicyclic amines) is 1. The number of hydrogen-bond acceptors (Lipinski definition) is 8. The Hall–Kier alpha value is -4.17. The number of aromatic nitrogens is 2.